The zero-order chi connectivity index (χ0) is 17.3. The summed E-state index contributed by atoms with van der Waals surface area (Å²) < 4.78 is 0. The number of Topliss-reactive ketones (excluding diaryl/α,β-unsaturated/α-hetero) is 1. The molecule has 0 radical (unpaired) electrons. The monoisotopic (exact) mass is 328 g/mol. The molecule has 6 nitrogen and oxygen atoms in total. The summed E-state index contributed by atoms with van der Waals surface area (Å²) in [5, 5.41) is 11.0. The fourth-order valence-corrected chi connectivity index (χ4v) is 3.56. The molecular weight excluding hydrogens is 308 g/mol. The average molecular weight is 328 g/mol. The van der Waals surface area contributed by atoms with Crippen LogP contribution in [0, 0.1) is 17.0 Å². The normalized spacial score (nSPS) is 19.9. The Bertz CT molecular complexity index is 739. The van der Waals surface area contributed by atoms with Crippen LogP contribution in [0.15, 0.2) is 17.7 Å². The molecule has 0 bridgehead atoms. The summed E-state index contributed by atoms with van der Waals surface area (Å²) in [6, 6.07) is 3.29. The number of aryl methyl sites for hydroxylation is 1. The molecule has 1 fully saturated rings. The Labute approximate surface area is 140 Å². The fraction of sp³-hybridized carbons (Fsp3) is 0.444. The number of hydrogen-bond acceptors (Lipinski definition) is 5. The van der Waals surface area contributed by atoms with Gasteiger partial charge in [-0.15, -0.1) is 0 Å². The van der Waals surface area contributed by atoms with Crippen LogP contribution in [0.25, 0.3) is 6.08 Å². The molecule has 1 aromatic carbocycles. The maximum Gasteiger partial charge on any atom is 0.272 e. The van der Waals surface area contributed by atoms with Crippen molar-refractivity contribution in [3.05, 3.63) is 44.5 Å². The number of nitrogens with zero attached hydrogens (tertiary/aromatic N) is 2. The first-order valence-electron chi connectivity index (χ1n) is 8.20. The Balaban J connectivity index is 1.66. The van der Waals surface area contributed by atoms with E-state index in [1.54, 1.807) is 19.1 Å². The van der Waals surface area contributed by atoms with E-state index in [0.29, 0.717) is 30.5 Å². The molecule has 1 aliphatic carbocycles. The second kappa shape index (κ2) is 6.65. The minimum absolute atomic E-state index is 0.0575. The van der Waals surface area contributed by atoms with E-state index in [1.807, 2.05) is 6.08 Å². The highest BCUT2D eigenvalue weighted by Crippen LogP contribution is 2.32. The van der Waals surface area contributed by atoms with Crippen LogP contribution in [0.4, 0.5) is 5.69 Å². The first kappa shape index (κ1) is 16.5. The first-order chi connectivity index (χ1) is 11.5. The van der Waals surface area contributed by atoms with E-state index in [0.717, 1.165) is 36.8 Å². The summed E-state index contributed by atoms with van der Waals surface area (Å²) in [7, 11) is 0. The van der Waals surface area contributed by atoms with Gasteiger partial charge in [0.2, 0.25) is 0 Å². The molecule has 1 aromatic rings. The number of likely N-dealkylation sites (tertiary alicyclic amines) is 1. The molecule has 1 saturated heterocycles. The molecule has 0 N–H and O–H groups in total. The SMILES string of the molecule is Cc1cc2c(cc1[N+](=O)[O-])CC(C(=O)CCN1CCC[C@H]1C=O)=C2. The minimum Gasteiger partial charge on any atom is -0.302 e. The van der Waals surface area contributed by atoms with Gasteiger partial charge in [0, 0.05) is 36.6 Å². The lowest BCUT2D eigenvalue weighted by atomic mass is 10.0. The van der Waals surface area contributed by atoms with Gasteiger partial charge in [0.1, 0.15) is 6.29 Å². The van der Waals surface area contributed by atoms with E-state index in [9.17, 15) is 19.7 Å². The van der Waals surface area contributed by atoms with Crippen molar-refractivity contribution < 1.29 is 14.5 Å². The Morgan fingerprint density at radius 3 is 2.96 bits per heavy atom. The summed E-state index contributed by atoms with van der Waals surface area (Å²) in [4.78, 5) is 36.2. The van der Waals surface area contributed by atoms with Crippen molar-refractivity contribution in [2.45, 2.75) is 38.6 Å². The van der Waals surface area contributed by atoms with Gasteiger partial charge in [-0.2, -0.15) is 0 Å². The number of nitro groups is 1. The van der Waals surface area contributed by atoms with Crippen molar-refractivity contribution in [2.24, 2.45) is 0 Å². The summed E-state index contributed by atoms with van der Waals surface area (Å²) >= 11 is 0. The molecule has 0 saturated carbocycles. The summed E-state index contributed by atoms with van der Waals surface area (Å²) in [6.45, 7) is 3.16. The number of aldehydes is 1. The van der Waals surface area contributed by atoms with Crippen molar-refractivity contribution in [1.29, 1.82) is 0 Å². The van der Waals surface area contributed by atoms with Crippen molar-refractivity contribution >= 4 is 23.8 Å². The standard InChI is InChI=1S/C18H20N2O4/c1-12-7-13-8-15(9-14(13)10-17(12)20(23)24)18(22)4-6-19-5-2-3-16(19)11-21/h7-8,10-11,16H,2-6,9H2,1H3/t16-/m0/s1. The average Bonchev–Trinajstić information content (AvgIpc) is 3.17. The third-order valence-corrected chi connectivity index (χ3v) is 4.92. The predicted molar refractivity (Wildman–Crippen MR) is 89.8 cm³/mol. The molecule has 0 aromatic heterocycles. The number of carbonyl (C=O) groups excluding carboxylic acids is 2. The third kappa shape index (κ3) is 3.14. The van der Waals surface area contributed by atoms with Gasteiger partial charge in [-0.05, 0) is 49.6 Å². The third-order valence-electron chi connectivity index (χ3n) is 4.92. The van der Waals surface area contributed by atoms with Gasteiger partial charge in [0.25, 0.3) is 5.69 Å². The number of hydrogen-bond donors (Lipinski definition) is 0. The van der Waals surface area contributed by atoms with Gasteiger partial charge < -0.3 is 4.79 Å². The number of nitro benzene ring substituents is 1. The largest absolute Gasteiger partial charge is 0.302 e. The Morgan fingerprint density at radius 2 is 2.25 bits per heavy atom. The Kier molecular flexibility index (Phi) is 4.57. The maximum atomic E-state index is 12.5. The van der Waals surface area contributed by atoms with E-state index in [1.165, 1.54) is 0 Å². The fourth-order valence-electron chi connectivity index (χ4n) is 3.56. The van der Waals surface area contributed by atoms with Crippen molar-refractivity contribution in [2.75, 3.05) is 13.1 Å². The van der Waals surface area contributed by atoms with Crippen molar-refractivity contribution in [1.82, 2.24) is 4.90 Å². The van der Waals surface area contributed by atoms with E-state index in [-0.39, 0.29) is 22.4 Å². The lowest BCUT2D eigenvalue weighted by Crippen LogP contribution is -2.32. The molecule has 6 heteroatoms. The first-order valence-corrected chi connectivity index (χ1v) is 8.20. The number of rotatable bonds is 6. The molecule has 126 valence electrons. The number of ketones is 1. The van der Waals surface area contributed by atoms with Crippen LogP contribution in [0.2, 0.25) is 0 Å². The van der Waals surface area contributed by atoms with Crippen molar-refractivity contribution in [3.63, 3.8) is 0 Å². The lowest BCUT2D eigenvalue weighted by molar-refractivity contribution is -0.385. The Morgan fingerprint density at radius 1 is 1.46 bits per heavy atom. The molecule has 0 spiro atoms. The minimum atomic E-state index is -0.387. The summed E-state index contributed by atoms with van der Waals surface area (Å²) in [6.07, 6.45) is 5.50. The lowest BCUT2D eigenvalue weighted by Gasteiger charge is -2.19. The van der Waals surface area contributed by atoms with Gasteiger partial charge in [-0.3, -0.25) is 19.8 Å². The highest BCUT2D eigenvalue weighted by Gasteiger charge is 2.26. The molecule has 1 heterocycles. The van der Waals surface area contributed by atoms with Gasteiger partial charge >= 0.3 is 0 Å². The summed E-state index contributed by atoms with van der Waals surface area (Å²) in [5.74, 6) is 0.0584. The molecule has 1 aliphatic heterocycles. The van der Waals surface area contributed by atoms with Crippen LogP contribution in [0.1, 0.15) is 36.0 Å². The molecule has 3 rings (SSSR count). The van der Waals surface area contributed by atoms with E-state index in [2.05, 4.69) is 4.90 Å². The van der Waals surface area contributed by atoms with Crippen LogP contribution in [0.5, 0.6) is 0 Å². The van der Waals surface area contributed by atoms with E-state index in [4.69, 9.17) is 0 Å². The highest BCUT2D eigenvalue weighted by molar-refractivity contribution is 6.02. The van der Waals surface area contributed by atoms with E-state index >= 15 is 0 Å². The second-order valence-electron chi connectivity index (χ2n) is 6.50. The molecule has 24 heavy (non-hydrogen) atoms. The smallest absolute Gasteiger partial charge is 0.272 e. The predicted octanol–water partition coefficient (Wildman–Crippen LogP) is 2.47. The van der Waals surface area contributed by atoms with Gasteiger partial charge in [-0.1, -0.05) is 0 Å². The van der Waals surface area contributed by atoms with E-state index < -0.39 is 0 Å². The zero-order valence-corrected chi connectivity index (χ0v) is 13.7. The van der Waals surface area contributed by atoms with Crippen LogP contribution in [-0.4, -0.2) is 41.0 Å². The number of allylic oxidation sites excluding steroid dienone is 1. The number of benzene rings is 1. The van der Waals surface area contributed by atoms with Crippen LogP contribution < -0.4 is 0 Å². The van der Waals surface area contributed by atoms with Gasteiger partial charge in [0.05, 0.1) is 11.0 Å². The molecule has 0 amide bonds. The van der Waals surface area contributed by atoms with Crippen LogP contribution in [0.3, 0.4) is 0 Å². The highest BCUT2D eigenvalue weighted by atomic mass is 16.6. The summed E-state index contributed by atoms with van der Waals surface area (Å²) in [5.41, 5.74) is 3.14. The molecule has 0 unspecified atom stereocenters. The number of carbonyl (C=O) groups is 2. The molecular formula is C18H20N2O4. The van der Waals surface area contributed by atoms with Crippen LogP contribution in [-0.2, 0) is 16.0 Å². The second-order valence-corrected chi connectivity index (χ2v) is 6.50. The molecule has 1 atom stereocenters. The Hall–Kier alpha value is -2.34. The van der Waals surface area contributed by atoms with Gasteiger partial charge in [-0.25, -0.2) is 0 Å². The molecule has 2 aliphatic rings. The van der Waals surface area contributed by atoms with Crippen LogP contribution >= 0.6 is 0 Å². The maximum absolute atomic E-state index is 12.5. The number of fused-ring (bicyclic) bond motifs is 1. The quantitative estimate of drug-likeness (QED) is 0.455. The topological polar surface area (TPSA) is 80.5 Å². The van der Waals surface area contributed by atoms with Crippen molar-refractivity contribution in [3.8, 4) is 0 Å². The zero-order valence-electron chi connectivity index (χ0n) is 13.7. The van der Waals surface area contributed by atoms with Gasteiger partial charge in [0.15, 0.2) is 5.78 Å².